The number of esters is 1. The normalized spacial score (nSPS) is 12.5. The summed E-state index contributed by atoms with van der Waals surface area (Å²) in [5, 5.41) is 11.0. The Morgan fingerprint density at radius 2 is 1.54 bits per heavy atom. The van der Waals surface area contributed by atoms with Gasteiger partial charge in [-0.15, -0.1) is 0 Å². The van der Waals surface area contributed by atoms with E-state index in [1.165, 1.54) is 31.5 Å². The number of hydrogen-bond acceptors (Lipinski definition) is 4. The first-order chi connectivity index (χ1) is 11.2. The molecule has 0 N–H and O–H groups in total. The van der Waals surface area contributed by atoms with Crippen LogP contribution in [-0.4, -0.2) is 17.9 Å². The fourth-order valence-electron chi connectivity index (χ4n) is 2.20. The van der Waals surface area contributed by atoms with E-state index in [1.54, 1.807) is 12.1 Å². The van der Waals surface area contributed by atoms with Crippen molar-refractivity contribution in [1.82, 2.24) is 0 Å². The van der Waals surface area contributed by atoms with Gasteiger partial charge in [-0.1, -0.05) is 45.0 Å². The highest BCUT2D eigenvalue weighted by molar-refractivity contribution is 6.01. The van der Waals surface area contributed by atoms with Crippen molar-refractivity contribution >= 4 is 11.8 Å². The van der Waals surface area contributed by atoms with Gasteiger partial charge in [-0.3, -0.25) is 4.79 Å². The van der Waals surface area contributed by atoms with Gasteiger partial charge in [0.1, 0.15) is 0 Å². The standard InChI is InChI=1S/C19H21NO4/c1-13(24-18(22)15-9-11-20(23)12-10-15)17(21)14-5-7-16(8-6-14)19(2,3)4/h5-13H,1-4H3/t13-/m0/s1. The summed E-state index contributed by atoms with van der Waals surface area (Å²) in [6.07, 6.45) is 1.50. The zero-order chi connectivity index (χ0) is 17.9. The summed E-state index contributed by atoms with van der Waals surface area (Å²) < 4.78 is 5.76. The Labute approximate surface area is 141 Å². The van der Waals surface area contributed by atoms with Gasteiger partial charge in [0, 0.05) is 17.7 Å². The number of rotatable bonds is 4. The van der Waals surface area contributed by atoms with E-state index in [2.05, 4.69) is 20.8 Å². The fraction of sp³-hybridized carbons (Fsp3) is 0.316. The average Bonchev–Trinajstić information content (AvgIpc) is 2.54. The molecule has 5 nitrogen and oxygen atoms in total. The van der Waals surface area contributed by atoms with Crippen LogP contribution in [0.2, 0.25) is 0 Å². The van der Waals surface area contributed by atoms with Crippen molar-refractivity contribution in [3.05, 3.63) is 70.7 Å². The van der Waals surface area contributed by atoms with Gasteiger partial charge in [0.15, 0.2) is 18.5 Å². The zero-order valence-corrected chi connectivity index (χ0v) is 14.3. The summed E-state index contributed by atoms with van der Waals surface area (Å²) in [4.78, 5) is 24.4. The molecule has 1 aromatic heterocycles. The van der Waals surface area contributed by atoms with Crippen LogP contribution in [0.15, 0.2) is 48.8 Å². The first-order valence-corrected chi connectivity index (χ1v) is 7.73. The van der Waals surface area contributed by atoms with E-state index in [1.807, 2.05) is 12.1 Å². The highest BCUT2D eigenvalue weighted by Crippen LogP contribution is 2.22. The number of aromatic nitrogens is 1. The fourth-order valence-corrected chi connectivity index (χ4v) is 2.20. The second-order valence-electron chi connectivity index (χ2n) is 6.69. The Morgan fingerprint density at radius 1 is 1.00 bits per heavy atom. The van der Waals surface area contributed by atoms with Gasteiger partial charge in [-0.25, -0.2) is 4.79 Å². The van der Waals surface area contributed by atoms with E-state index in [4.69, 9.17) is 4.74 Å². The summed E-state index contributed by atoms with van der Waals surface area (Å²) in [7, 11) is 0. The molecule has 2 aromatic rings. The third kappa shape index (κ3) is 4.19. The Bertz CT molecular complexity index is 727. The van der Waals surface area contributed by atoms with Gasteiger partial charge in [0.25, 0.3) is 0 Å². The number of pyridine rings is 1. The van der Waals surface area contributed by atoms with Crippen LogP contribution in [0.4, 0.5) is 0 Å². The first kappa shape index (κ1) is 17.7. The molecule has 2 rings (SSSR count). The molecule has 1 atom stereocenters. The molecule has 0 aliphatic heterocycles. The molecule has 0 saturated carbocycles. The lowest BCUT2D eigenvalue weighted by Crippen LogP contribution is -2.27. The molecule has 0 fully saturated rings. The minimum Gasteiger partial charge on any atom is -0.619 e. The summed E-state index contributed by atoms with van der Waals surface area (Å²) in [6.45, 7) is 7.83. The van der Waals surface area contributed by atoms with Gasteiger partial charge in [0.05, 0.1) is 5.56 Å². The number of carbonyl (C=O) groups excluding carboxylic acids is 2. The Morgan fingerprint density at radius 3 is 2.04 bits per heavy atom. The maximum atomic E-state index is 12.4. The Balaban J connectivity index is 2.06. The molecule has 24 heavy (non-hydrogen) atoms. The average molecular weight is 327 g/mol. The van der Waals surface area contributed by atoms with Crippen molar-refractivity contribution in [2.24, 2.45) is 0 Å². The van der Waals surface area contributed by atoms with Crippen LogP contribution < -0.4 is 4.73 Å². The van der Waals surface area contributed by atoms with Crippen LogP contribution in [0.5, 0.6) is 0 Å². The van der Waals surface area contributed by atoms with E-state index in [9.17, 15) is 14.8 Å². The summed E-state index contributed by atoms with van der Waals surface area (Å²) in [5.74, 6) is -0.901. The van der Waals surface area contributed by atoms with Crippen LogP contribution in [0.1, 0.15) is 54.0 Å². The van der Waals surface area contributed by atoms with Crippen LogP contribution >= 0.6 is 0 Å². The highest BCUT2D eigenvalue weighted by Gasteiger charge is 2.21. The second-order valence-corrected chi connectivity index (χ2v) is 6.69. The van der Waals surface area contributed by atoms with Gasteiger partial charge in [-0.05, 0) is 17.9 Å². The van der Waals surface area contributed by atoms with Gasteiger partial charge >= 0.3 is 5.97 Å². The quantitative estimate of drug-likeness (QED) is 0.374. The summed E-state index contributed by atoms with van der Waals surface area (Å²) >= 11 is 0. The van der Waals surface area contributed by atoms with E-state index >= 15 is 0 Å². The minimum atomic E-state index is -0.905. The molecule has 126 valence electrons. The predicted octanol–water partition coefficient (Wildman–Crippen LogP) is 3.05. The highest BCUT2D eigenvalue weighted by atomic mass is 16.5. The largest absolute Gasteiger partial charge is 0.619 e. The summed E-state index contributed by atoms with van der Waals surface area (Å²) in [6, 6.07) is 10.0. The third-order valence-corrected chi connectivity index (χ3v) is 3.73. The van der Waals surface area contributed by atoms with Crippen molar-refractivity contribution in [2.45, 2.75) is 39.2 Å². The summed E-state index contributed by atoms with van der Waals surface area (Å²) in [5.41, 5.74) is 1.85. The Kier molecular flexibility index (Phi) is 5.02. The number of Topliss-reactive ketones (excluding diaryl/α,β-unsaturated/α-hetero) is 1. The lowest BCUT2D eigenvalue weighted by Gasteiger charge is -2.19. The van der Waals surface area contributed by atoms with Gasteiger partial charge in [-0.2, -0.15) is 4.73 Å². The Hall–Kier alpha value is -2.69. The molecule has 0 amide bonds. The number of nitrogens with zero attached hydrogens (tertiary/aromatic N) is 1. The smallest absolute Gasteiger partial charge is 0.339 e. The molecule has 0 radical (unpaired) electrons. The maximum absolute atomic E-state index is 12.4. The van der Waals surface area contributed by atoms with E-state index in [0.29, 0.717) is 10.3 Å². The number of carbonyl (C=O) groups is 2. The van der Waals surface area contributed by atoms with Crippen molar-refractivity contribution in [1.29, 1.82) is 0 Å². The lowest BCUT2D eigenvalue weighted by molar-refractivity contribution is -0.605. The second kappa shape index (κ2) is 6.83. The van der Waals surface area contributed by atoms with E-state index in [-0.39, 0.29) is 16.8 Å². The molecule has 0 aliphatic rings. The predicted molar refractivity (Wildman–Crippen MR) is 89.8 cm³/mol. The molecule has 5 heteroatoms. The van der Waals surface area contributed by atoms with Crippen LogP contribution in [0, 0.1) is 5.21 Å². The van der Waals surface area contributed by atoms with Crippen LogP contribution in [0.25, 0.3) is 0 Å². The van der Waals surface area contributed by atoms with Crippen molar-refractivity contribution in [3.8, 4) is 0 Å². The van der Waals surface area contributed by atoms with Crippen LogP contribution in [-0.2, 0) is 10.2 Å². The molecule has 1 heterocycles. The molecule has 0 spiro atoms. The molecule has 0 aliphatic carbocycles. The molecule has 1 aromatic carbocycles. The number of ketones is 1. The molecule has 0 bridgehead atoms. The van der Waals surface area contributed by atoms with Crippen LogP contribution in [0.3, 0.4) is 0 Å². The number of benzene rings is 1. The molecule has 0 saturated heterocycles. The van der Waals surface area contributed by atoms with Gasteiger partial charge in [0.2, 0.25) is 5.78 Å². The first-order valence-electron chi connectivity index (χ1n) is 7.73. The van der Waals surface area contributed by atoms with E-state index < -0.39 is 12.1 Å². The molecular weight excluding hydrogens is 306 g/mol. The third-order valence-electron chi connectivity index (χ3n) is 3.73. The molecule has 0 unspecified atom stereocenters. The van der Waals surface area contributed by atoms with Gasteiger partial charge < -0.3 is 9.94 Å². The monoisotopic (exact) mass is 327 g/mol. The zero-order valence-electron chi connectivity index (χ0n) is 14.3. The van der Waals surface area contributed by atoms with Crippen molar-refractivity contribution in [3.63, 3.8) is 0 Å². The number of ether oxygens (including phenoxy) is 1. The topological polar surface area (TPSA) is 70.3 Å². The SMILES string of the molecule is C[C@H](OC(=O)c1cc[n+]([O-])cc1)C(=O)c1ccc(C(C)(C)C)cc1. The number of hydrogen-bond donors (Lipinski definition) is 0. The lowest BCUT2D eigenvalue weighted by atomic mass is 9.86. The molecular formula is C19H21NO4. The maximum Gasteiger partial charge on any atom is 0.339 e. The minimum absolute atomic E-state index is 0.00535. The van der Waals surface area contributed by atoms with Crippen molar-refractivity contribution in [2.75, 3.05) is 0 Å². The van der Waals surface area contributed by atoms with Crippen molar-refractivity contribution < 1.29 is 19.1 Å². The van der Waals surface area contributed by atoms with E-state index in [0.717, 1.165) is 5.56 Å².